The number of hydrogen-bond donors (Lipinski definition) is 1. The molecule has 5 nitrogen and oxygen atoms in total. The number of rotatable bonds is 9. The molecule has 0 bridgehead atoms. The number of hydrogen-bond acceptors (Lipinski definition) is 4. The van der Waals surface area contributed by atoms with E-state index in [0.717, 1.165) is 19.4 Å². The maximum absolute atomic E-state index is 12.2. The maximum Gasteiger partial charge on any atom is 0.252 e. The highest BCUT2D eigenvalue weighted by atomic mass is 35.5. The van der Waals surface area contributed by atoms with Crippen molar-refractivity contribution in [2.75, 3.05) is 25.0 Å². The van der Waals surface area contributed by atoms with E-state index in [9.17, 15) is 4.79 Å². The quantitative estimate of drug-likeness (QED) is 0.668. The van der Waals surface area contributed by atoms with Gasteiger partial charge in [-0.1, -0.05) is 29.8 Å². The van der Waals surface area contributed by atoms with Gasteiger partial charge in [-0.2, -0.15) is 0 Å². The van der Waals surface area contributed by atoms with E-state index in [0.29, 0.717) is 23.0 Å². The van der Waals surface area contributed by atoms with Gasteiger partial charge in [-0.15, -0.1) is 0 Å². The fraction of sp³-hybridized carbons (Fsp3) is 0.400. The summed E-state index contributed by atoms with van der Waals surface area (Å²) in [5.74, 6) is 0.175. The van der Waals surface area contributed by atoms with Crippen LogP contribution in [0.4, 0.5) is 5.69 Å². The summed E-state index contributed by atoms with van der Waals surface area (Å²) >= 11 is 6.12. The van der Waals surface area contributed by atoms with Crippen LogP contribution in [0, 0.1) is 0 Å². The number of carbonyl (C=O) groups is 1. The Kier molecular flexibility index (Phi) is 7.73. The highest BCUT2D eigenvalue weighted by Gasteiger charge is 2.11. The fourth-order valence-corrected chi connectivity index (χ4v) is 2.66. The third-order valence-corrected chi connectivity index (χ3v) is 4.09. The molecule has 0 radical (unpaired) electrons. The van der Waals surface area contributed by atoms with Crippen molar-refractivity contribution in [2.24, 2.45) is 0 Å². The van der Waals surface area contributed by atoms with Gasteiger partial charge in [0.15, 0.2) is 0 Å². The molecule has 26 heavy (non-hydrogen) atoms. The Morgan fingerprint density at radius 2 is 2.00 bits per heavy atom. The van der Waals surface area contributed by atoms with Crippen LogP contribution < -0.4 is 15.0 Å². The first-order valence-electron chi connectivity index (χ1n) is 8.84. The Morgan fingerprint density at radius 1 is 1.27 bits per heavy atom. The van der Waals surface area contributed by atoms with Gasteiger partial charge in [0.1, 0.15) is 5.02 Å². The van der Waals surface area contributed by atoms with Gasteiger partial charge in [0, 0.05) is 32.0 Å². The van der Waals surface area contributed by atoms with Crippen LogP contribution in [0.15, 0.2) is 42.6 Å². The lowest BCUT2D eigenvalue weighted by molar-refractivity contribution is 0.0952. The molecule has 0 fully saturated rings. The summed E-state index contributed by atoms with van der Waals surface area (Å²) in [6, 6.07) is 11.8. The molecule has 0 saturated carbocycles. The normalized spacial score (nSPS) is 10.7. The van der Waals surface area contributed by atoms with Gasteiger partial charge >= 0.3 is 0 Å². The number of para-hydroxylation sites is 1. The van der Waals surface area contributed by atoms with Crippen LogP contribution in [0.2, 0.25) is 5.02 Å². The molecule has 2 aromatic rings. The monoisotopic (exact) mass is 375 g/mol. The smallest absolute Gasteiger partial charge is 0.252 e. The largest absolute Gasteiger partial charge is 0.474 e. The third kappa shape index (κ3) is 6.23. The van der Waals surface area contributed by atoms with Gasteiger partial charge in [-0.05, 0) is 44.9 Å². The lowest BCUT2D eigenvalue weighted by Gasteiger charge is -2.19. The van der Waals surface area contributed by atoms with E-state index in [1.54, 1.807) is 6.07 Å². The van der Waals surface area contributed by atoms with E-state index in [1.165, 1.54) is 11.9 Å². The van der Waals surface area contributed by atoms with Crippen molar-refractivity contribution in [2.45, 2.75) is 32.8 Å². The molecule has 1 amide bonds. The number of benzene rings is 1. The third-order valence-electron chi connectivity index (χ3n) is 3.82. The van der Waals surface area contributed by atoms with Gasteiger partial charge in [-0.25, -0.2) is 4.98 Å². The second-order valence-electron chi connectivity index (χ2n) is 6.40. The van der Waals surface area contributed by atoms with E-state index in [-0.39, 0.29) is 12.0 Å². The molecule has 0 spiro atoms. The summed E-state index contributed by atoms with van der Waals surface area (Å²) < 4.78 is 5.47. The number of nitrogens with zero attached hydrogens (tertiary/aromatic N) is 2. The Hall–Kier alpha value is -2.27. The first-order valence-corrected chi connectivity index (χ1v) is 9.21. The zero-order chi connectivity index (χ0) is 18.9. The minimum atomic E-state index is -0.174. The molecule has 0 saturated heterocycles. The summed E-state index contributed by atoms with van der Waals surface area (Å²) in [7, 11) is 2.07. The standard InChI is InChI=1S/C20H26ClN3O2/c1-15(2)26-20-18(21)13-16(14-23-20)19(25)22-11-7-8-12-24(3)17-9-5-4-6-10-17/h4-6,9-10,13-15H,7-8,11-12H2,1-3H3,(H,22,25). The molecule has 2 rings (SSSR count). The molecule has 0 atom stereocenters. The van der Waals surface area contributed by atoms with Crippen LogP contribution >= 0.6 is 11.6 Å². The van der Waals surface area contributed by atoms with Crippen LogP contribution in [0.5, 0.6) is 5.88 Å². The van der Waals surface area contributed by atoms with Crippen molar-refractivity contribution in [1.82, 2.24) is 10.3 Å². The molecular formula is C20H26ClN3O2. The predicted octanol–water partition coefficient (Wildman–Crippen LogP) is 4.17. The Bertz CT molecular complexity index is 707. The molecule has 6 heteroatoms. The second kappa shape index (κ2) is 10.0. The van der Waals surface area contributed by atoms with Crippen LogP contribution in [-0.2, 0) is 0 Å². The van der Waals surface area contributed by atoms with Crippen molar-refractivity contribution >= 4 is 23.2 Å². The molecule has 140 valence electrons. The number of anilines is 1. The first kappa shape index (κ1) is 20.0. The van der Waals surface area contributed by atoms with Crippen LogP contribution in [0.25, 0.3) is 0 Å². The summed E-state index contributed by atoms with van der Waals surface area (Å²) in [6.07, 6.45) is 3.36. The maximum atomic E-state index is 12.2. The zero-order valence-corrected chi connectivity index (χ0v) is 16.3. The van der Waals surface area contributed by atoms with Gasteiger partial charge in [0.25, 0.3) is 5.91 Å². The minimum Gasteiger partial charge on any atom is -0.474 e. The van der Waals surface area contributed by atoms with Gasteiger partial charge in [-0.3, -0.25) is 4.79 Å². The molecule has 0 aliphatic rings. The number of unbranched alkanes of at least 4 members (excludes halogenated alkanes) is 1. The zero-order valence-electron chi connectivity index (χ0n) is 15.5. The van der Waals surface area contributed by atoms with Crippen LogP contribution in [-0.4, -0.2) is 37.1 Å². The molecule has 1 heterocycles. The average molecular weight is 376 g/mol. The van der Waals surface area contributed by atoms with E-state index in [2.05, 4.69) is 34.4 Å². The number of aromatic nitrogens is 1. The lowest BCUT2D eigenvalue weighted by atomic mass is 10.2. The van der Waals surface area contributed by atoms with Crippen LogP contribution in [0.3, 0.4) is 0 Å². The number of carbonyl (C=O) groups excluding carboxylic acids is 1. The molecule has 1 aromatic carbocycles. The van der Waals surface area contributed by atoms with Crippen molar-refractivity contribution in [1.29, 1.82) is 0 Å². The Labute approximate surface area is 160 Å². The Balaban J connectivity index is 1.72. The fourth-order valence-electron chi connectivity index (χ4n) is 2.45. The number of nitrogens with one attached hydrogen (secondary N) is 1. The Morgan fingerprint density at radius 3 is 2.65 bits per heavy atom. The van der Waals surface area contributed by atoms with Gasteiger partial charge in [0.2, 0.25) is 5.88 Å². The van der Waals surface area contributed by atoms with Crippen LogP contribution in [0.1, 0.15) is 37.0 Å². The van der Waals surface area contributed by atoms with Gasteiger partial charge in [0.05, 0.1) is 11.7 Å². The number of ether oxygens (including phenoxy) is 1. The molecule has 0 aliphatic heterocycles. The molecule has 0 unspecified atom stereocenters. The minimum absolute atomic E-state index is 0.0197. The molecule has 1 aromatic heterocycles. The van der Waals surface area contributed by atoms with Crippen molar-refractivity contribution in [3.63, 3.8) is 0 Å². The topological polar surface area (TPSA) is 54.5 Å². The van der Waals surface area contributed by atoms with E-state index in [4.69, 9.17) is 16.3 Å². The molecule has 1 N–H and O–H groups in total. The van der Waals surface area contributed by atoms with E-state index < -0.39 is 0 Å². The number of amides is 1. The average Bonchev–Trinajstić information content (AvgIpc) is 2.63. The predicted molar refractivity (Wildman–Crippen MR) is 106 cm³/mol. The highest BCUT2D eigenvalue weighted by molar-refractivity contribution is 6.32. The summed E-state index contributed by atoms with van der Waals surface area (Å²) in [5, 5.41) is 3.25. The summed E-state index contributed by atoms with van der Waals surface area (Å²) in [6.45, 7) is 5.35. The number of pyridine rings is 1. The van der Waals surface area contributed by atoms with E-state index in [1.807, 2.05) is 32.0 Å². The molecule has 0 aliphatic carbocycles. The molecular weight excluding hydrogens is 350 g/mol. The van der Waals surface area contributed by atoms with E-state index >= 15 is 0 Å². The second-order valence-corrected chi connectivity index (χ2v) is 6.80. The van der Waals surface area contributed by atoms with Gasteiger partial charge < -0.3 is 15.0 Å². The first-order chi connectivity index (χ1) is 12.5. The number of halogens is 1. The SMILES string of the molecule is CC(C)Oc1ncc(C(=O)NCCCCN(C)c2ccccc2)cc1Cl. The van der Waals surface area contributed by atoms with Crippen molar-refractivity contribution in [3.8, 4) is 5.88 Å². The van der Waals surface area contributed by atoms with Crippen molar-refractivity contribution in [3.05, 3.63) is 53.2 Å². The summed E-state index contributed by atoms with van der Waals surface area (Å²) in [4.78, 5) is 18.5. The summed E-state index contributed by atoms with van der Waals surface area (Å²) in [5.41, 5.74) is 1.63. The highest BCUT2D eigenvalue weighted by Crippen LogP contribution is 2.23. The lowest BCUT2D eigenvalue weighted by Crippen LogP contribution is -2.26. The van der Waals surface area contributed by atoms with Crippen molar-refractivity contribution < 1.29 is 9.53 Å².